The SMILES string of the molecule is CC(C)N(C)S(=O)(=O)c1ccc(CNC(=O)CCCCCCN)cc1. The lowest BCUT2D eigenvalue weighted by atomic mass is 10.1. The highest BCUT2D eigenvalue weighted by atomic mass is 32.2. The van der Waals surface area contributed by atoms with E-state index in [1.54, 1.807) is 31.3 Å². The molecule has 3 N–H and O–H groups in total. The molecule has 1 amide bonds. The molecular weight excluding hydrogens is 338 g/mol. The monoisotopic (exact) mass is 369 g/mol. The van der Waals surface area contributed by atoms with Crippen LogP contribution in [0.5, 0.6) is 0 Å². The molecule has 0 saturated heterocycles. The van der Waals surface area contributed by atoms with Crippen molar-refractivity contribution in [2.24, 2.45) is 5.73 Å². The molecule has 0 aromatic heterocycles. The maximum Gasteiger partial charge on any atom is 0.243 e. The molecule has 0 fully saturated rings. The highest BCUT2D eigenvalue weighted by Gasteiger charge is 2.22. The normalized spacial score (nSPS) is 11.9. The Bertz CT molecular complexity index is 627. The fourth-order valence-corrected chi connectivity index (χ4v) is 3.66. The van der Waals surface area contributed by atoms with E-state index in [0.717, 1.165) is 31.2 Å². The molecule has 0 heterocycles. The zero-order valence-corrected chi connectivity index (χ0v) is 16.3. The number of sulfonamides is 1. The van der Waals surface area contributed by atoms with Gasteiger partial charge < -0.3 is 11.1 Å². The van der Waals surface area contributed by atoms with E-state index in [9.17, 15) is 13.2 Å². The lowest BCUT2D eigenvalue weighted by Crippen LogP contribution is -2.33. The molecule has 25 heavy (non-hydrogen) atoms. The molecule has 1 aromatic rings. The second kappa shape index (κ2) is 10.5. The van der Waals surface area contributed by atoms with Crippen LogP contribution in [0.25, 0.3) is 0 Å². The van der Waals surface area contributed by atoms with Gasteiger partial charge in [0.2, 0.25) is 15.9 Å². The minimum Gasteiger partial charge on any atom is -0.352 e. The van der Waals surface area contributed by atoms with E-state index in [1.165, 1.54) is 4.31 Å². The lowest BCUT2D eigenvalue weighted by molar-refractivity contribution is -0.121. The highest BCUT2D eigenvalue weighted by molar-refractivity contribution is 7.89. The van der Waals surface area contributed by atoms with Crippen molar-refractivity contribution >= 4 is 15.9 Å². The maximum absolute atomic E-state index is 12.4. The number of nitrogens with two attached hydrogens (primary N) is 1. The van der Waals surface area contributed by atoms with Gasteiger partial charge in [0.1, 0.15) is 0 Å². The zero-order chi connectivity index (χ0) is 18.9. The quantitative estimate of drug-likeness (QED) is 0.585. The Labute approximate surface area is 151 Å². The first-order valence-electron chi connectivity index (χ1n) is 8.82. The Morgan fingerprint density at radius 2 is 1.72 bits per heavy atom. The van der Waals surface area contributed by atoms with E-state index in [-0.39, 0.29) is 16.8 Å². The number of hydrogen-bond donors (Lipinski definition) is 2. The number of amides is 1. The van der Waals surface area contributed by atoms with Gasteiger partial charge in [-0.25, -0.2) is 8.42 Å². The van der Waals surface area contributed by atoms with Gasteiger partial charge in [-0.05, 0) is 50.9 Å². The van der Waals surface area contributed by atoms with E-state index in [4.69, 9.17) is 5.73 Å². The van der Waals surface area contributed by atoms with Crippen molar-refractivity contribution in [3.63, 3.8) is 0 Å². The van der Waals surface area contributed by atoms with Crippen molar-refractivity contribution in [3.8, 4) is 0 Å². The van der Waals surface area contributed by atoms with E-state index in [1.807, 2.05) is 13.8 Å². The Hall–Kier alpha value is -1.44. The largest absolute Gasteiger partial charge is 0.352 e. The van der Waals surface area contributed by atoms with Crippen molar-refractivity contribution < 1.29 is 13.2 Å². The summed E-state index contributed by atoms with van der Waals surface area (Å²) in [4.78, 5) is 12.1. The van der Waals surface area contributed by atoms with E-state index in [0.29, 0.717) is 19.5 Å². The van der Waals surface area contributed by atoms with E-state index >= 15 is 0 Å². The van der Waals surface area contributed by atoms with Crippen LogP contribution >= 0.6 is 0 Å². The van der Waals surface area contributed by atoms with Gasteiger partial charge in [-0.3, -0.25) is 4.79 Å². The summed E-state index contributed by atoms with van der Waals surface area (Å²) in [5.41, 5.74) is 6.31. The van der Waals surface area contributed by atoms with Crippen LogP contribution in [0, 0.1) is 0 Å². The van der Waals surface area contributed by atoms with Crippen LogP contribution in [0.4, 0.5) is 0 Å². The minimum atomic E-state index is -3.47. The van der Waals surface area contributed by atoms with Crippen molar-refractivity contribution in [2.75, 3.05) is 13.6 Å². The summed E-state index contributed by atoms with van der Waals surface area (Å²) >= 11 is 0. The van der Waals surface area contributed by atoms with Crippen LogP contribution in [0.1, 0.15) is 51.5 Å². The first-order valence-corrected chi connectivity index (χ1v) is 10.3. The number of carbonyl (C=O) groups excluding carboxylic acids is 1. The van der Waals surface area contributed by atoms with Crippen LogP contribution in [0.3, 0.4) is 0 Å². The lowest BCUT2D eigenvalue weighted by Gasteiger charge is -2.21. The van der Waals surface area contributed by atoms with Crippen LogP contribution < -0.4 is 11.1 Å². The number of unbranched alkanes of at least 4 members (excludes halogenated alkanes) is 3. The third-order valence-electron chi connectivity index (χ3n) is 4.18. The number of nitrogens with one attached hydrogen (secondary N) is 1. The molecule has 0 aliphatic carbocycles. The topological polar surface area (TPSA) is 92.5 Å². The first kappa shape index (κ1) is 21.6. The summed E-state index contributed by atoms with van der Waals surface area (Å²) < 4.78 is 26.1. The number of nitrogens with zero attached hydrogens (tertiary/aromatic N) is 1. The summed E-state index contributed by atoms with van der Waals surface area (Å²) in [6.07, 6.45) is 4.45. The van der Waals surface area contributed by atoms with Gasteiger partial charge in [-0.15, -0.1) is 0 Å². The van der Waals surface area contributed by atoms with E-state index < -0.39 is 10.0 Å². The summed E-state index contributed by atoms with van der Waals surface area (Å²) in [5.74, 6) is 0.0176. The van der Waals surface area contributed by atoms with Gasteiger partial charge in [-0.2, -0.15) is 4.31 Å². The van der Waals surface area contributed by atoms with Crippen molar-refractivity contribution in [1.82, 2.24) is 9.62 Å². The molecule has 0 saturated carbocycles. The first-order chi connectivity index (χ1) is 11.8. The molecule has 0 atom stereocenters. The van der Waals surface area contributed by atoms with Gasteiger partial charge >= 0.3 is 0 Å². The molecule has 0 spiro atoms. The van der Waals surface area contributed by atoms with Crippen molar-refractivity contribution in [3.05, 3.63) is 29.8 Å². The van der Waals surface area contributed by atoms with Gasteiger partial charge in [-0.1, -0.05) is 25.0 Å². The standard InChI is InChI=1S/C18H31N3O3S/c1-15(2)21(3)25(23,24)17-11-9-16(10-12-17)14-20-18(22)8-6-4-5-7-13-19/h9-12,15H,4-8,13-14,19H2,1-3H3,(H,20,22). The van der Waals surface area contributed by atoms with Crippen LogP contribution in [0.15, 0.2) is 29.2 Å². The number of hydrogen-bond acceptors (Lipinski definition) is 4. The Morgan fingerprint density at radius 3 is 2.28 bits per heavy atom. The smallest absolute Gasteiger partial charge is 0.243 e. The van der Waals surface area contributed by atoms with Crippen molar-refractivity contribution in [2.45, 2.75) is 63.4 Å². The Balaban J connectivity index is 2.48. The second-order valence-corrected chi connectivity index (χ2v) is 8.49. The fourth-order valence-electron chi connectivity index (χ4n) is 2.30. The predicted octanol–water partition coefficient (Wildman–Crippen LogP) is 2.24. The molecule has 0 bridgehead atoms. The molecule has 0 radical (unpaired) electrons. The fraction of sp³-hybridized carbons (Fsp3) is 0.611. The molecule has 0 aliphatic rings. The van der Waals surface area contributed by atoms with Crippen molar-refractivity contribution in [1.29, 1.82) is 0 Å². The Morgan fingerprint density at radius 1 is 1.12 bits per heavy atom. The second-order valence-electron chi connectivity index (χ2n) is 6.49. The minimum absolute atomic E-state index is 0.0176. The molecule has 0 aliphatic heterocycles. The van der Waals surface area contributed by atoms with E-state index in [2.05, 4.69) is 5.32 Å². The van der Waals surface area contributed by atoms with Crippen LogP contribution in [-0.4, -0.2) is 38.3 Å². The van der Waals surface area contributed by atoms with Gasteiger partial charge in [0.25, 0.3) is 0 Å². The maximum atomic E-state index is 12.4. The number of benzene rings is 1. The number of rotatable bonds is 11. The number of carbonyl (C=O) groups is 1. The molecule has 0 unspecified atom stereocenters. The molecule has 7 heteroatoms. The predicted molar refractivity (Wildman–Crippen MR) is 101 cm³/mol. The van der Waals surface area contributed by atoms with Gasteiger partial charge in [0.05, 0.1) is 4.90 Å². The highest BCUT2D eigenvalue weighted by Crippen LogP contribution is 2.17. The average Bonchev–Trinajstić information content (AvgIpc) is 2.59. The summed E-state index contributed by atoms with van der Waals surface area (Å²) in [6.45, 7) is 4.77. The molecule has 1 rings (SSSR count). The summed E-state index contributed by atoms with van der Waals surface area (Å²) in [6, 6.07) is 6.55. The van der Waals surface area contributed by atoms with Crippen LogP contribution in [0.2, 0.25) is 0 Å². The summed E-state index contributed by atoms with van der Waals surface area (Å²) in [5, 5.41) is 2.87. The third-order valence-corrected chi connectivity index (χ3v) is 6.22. The molecule has 142 valence electrons. The van der Waals surface area contributed by atoms with Gasteiger partial charge in [0, 0.05) is 26.1 Å². The molecular formula is C18H31N3O3S. The summed E-state index contributed by atoms with van der Waals surface area (Å²) in [7, 11) is -1.90. The Kier molecular flexibility index (Phi) is 9.10. The molecule has 6 nitrogen and oxygen atoms in total. The molecule has 1 aromatic carbocycles. The average molecular weight is 370 g/mol. The zero-order valence-electron chi connectivity index (χ0n) is 15.5. The van der Waals surface area contributed by atoms with Gasteiger partial charge in [0.15, 0.2) is 0 Å². The van der Waals surface area contributed by atoms with Crippen LogP contribution in [-0.2, 0) is 21.4 Å². The third kappa shape index (κ3) is 7.13.